The Balaban J connectivity index is 1.61. The molecule has 5 rings (SSSR count). The third-order valence-electron chi connectivity index (χ3n) is 5.96. The van der Waals surface area contributed by atoms with Gasteiger partial charge in [-0.15, -0.1) is 0 Å². The number of fused-ring (bicyclic) bond motifs is 1. The van der Waals surface area contributed by atoms with Crippen LogP contribution in [0.2, 0.25) is 0 Å². The van der Waals surface area contributed by atoms with Crippen molar-refractivity contribution in [3.05, 3.63) is 108 Å². The van der Waals surface area contributed by atoms with Crippen molar-refractivity contribution in [1.29, 1.82) is 0 Å². The van der Waals surface area contributed by atoms with Crippen LogP contribution in [0.15, 0.2) is 91.0 Å². The molecule has 1 N–H and O–H groups in total. The molecule has 38 heavy (non-hydrogen) atoms. The molecule has 0 radical (unpaired) electrons. The predicted molar refractivity (Wildman–Crippen MR) is 147 cm³/mol. The van der Waals surface area contributed by atoms with Gasteiger partial charge in [-0.25, -0.2) is 4.98 Å². The molecule has 1 aromatic heterocycles. The van der Waals surface area contributed by atoms with Crippen molar-refractivity contribution in [3.8, 4) is 28.7 Å². The topological polar surface area (TPSA) is 82.7 Å². The highest BCUT2D eigenvalue weighted by molar-refractivity contribution is 6.32. The molecule has 7 nitrogen and oxygen atoms in total. The first-order chi connectivity index (χ1) is 18.6. The summed E-state index contributed by atoms with van der Waals surface area (Å²) in [6.07, 6.45) is 1.79. The maximum atomic E-state index is 14.0. The van der Waals surface area contributed by atoms with Gasteiger partial charge in [-0.3, -0.25) is 4.79 Å². The SMILES string of the molecule is COc1cc(C(=O)/C(=C\c2cccc(Oc3ccccc3)c2)c2nc3ccccc3[nH]2)cc(OC)c1OC. The van der Waals surface area contributed by atoms with Crippen molar-refractivity contribution < 1.29 is 23.7 Å². The molecule has 0 saturated heterocycles. The van der Waals surface area contributed by atoms with E-state index >= 15 is 0 Å². The Morgan fingerprint density at radius 3 is 2.13 bits per heavy atom. The molecule has 0 amide bonds. The third kappa shape index (κ3) is 5.08. The van der Waals surface area contributed by atoms with Crippen molar-refractivity contribution in [3.63, 3.8) is 0 Å². The first-order valence-electron chi connectivity index (χ1n) is 11.9. The van der Waals surface area contributed by atoms with E-state index in [1.54, 1.807) is 18.2 Å². The molecule has 0 saturated carbocycles. The van der Waals surface area contributed by atoms with Crippen LogP contribution in [0.5, 0.6) is 28.7 Å². The number of allylic oxidation sites excluding steroid dienone is 1. The zero-order valence-corrected chi connectivity index (χ0v) is 21.2. The summed E-state index contributed by atoms with van der Waals surface area (Å²) in [5, 5.41) is 0. The van der Waals surface area contributed by atoms with Crippen LogP contribution in [-0.4, -0.2) is 37.1 Å². The number of benzene rings is 4. The number of hydrogen-bond donors (Lipinski definition) is 1. The zero-order valence-electron chi connectivity index (χ0n) is 21.2. The second-order valence-corrected chi connectivity index (χ2v) is 8.39. The van der Waals surface area contributed by atoms with E-state index in [0.29, 0.717) is 40.0 Å². The summed E-state index contributed by atoms with van der Waals surface area (Å²) in [6, 6.07) is 28.0. The highest BCUT2D eigenvalue weighted by atomic mass is 16.5. The molecule has 7 heteroatoms. The van der Waals surface area contributed by atoms with Crippen LogP contribution < -0.4 is 18.9 Å². The lowest BCUT2D eigenvalue weighted by Gasteiger charge is -2.14. The number of ketones is 1. The number of imidazole rings is 1. The molecule has 0 fully saturated rings. The van der Waals surface area contributed by atoms with Crippen LogP contribution >= 0.6 is 0 Å². The lowest BCUT2D eigenvalue weighted by Crippen LogP contribution is -2.06. The number of nitrogens with one attached hydrogen (secondary N) is 1. The van der Waals surface area contributed by atoms with Crippen LogP contribution in [0.3, 0.4) is 0 Å². The number of hydrogen-bond acceptors (Lipinski definition) is 6. The van der Waals surface area contributed by atoms with Gasteiger partial charge in [0.25, 0.3) is 0 Å². The van der Waals surface area contributed by atoms with Gasteiger partial charge in [0.15, 0.2) is 17.3 Å². The van der Waals surface area contributed by atoms with Gasteiger partial charge in [0, 0.05) is 5.56 Å². The van der Waals surface area contributed by atoms with Crippen molar-refractivity contribution in [2.24, 2.45) is 0 Å². The average molecular weight is 507 g/mol. The van der Waals surface area contributed by atoms with E-state index in [4.69, 9.17) is 23.9 Å². The van der Waals surface area contributed by atoms with E-state index in [0.717, 1.165) is 22.3 Å². The van der Waals surface area contributed by atoms with Crippen LogP contribution in [0.4, 0.5) is 0 Å². The number of H-pyrrole nitrogens is 1. The molecule has 190 valence electrons. The number of carbonyl (C=O) groups excluding carboxylic acids is 1. The minimum atomic E-state index is -0.266. The fourth-order valence-electron chi connectivity index (χ4n) is 4.15. The van der Waals surface area contributed by atoms with Gasteiger partial charge in [-0.05, 0) is 60.2 Å². The Bertz CT molecular complexity index is 1560. The number of ether oxygens (including phenoxy) is 4. The Hall–Kier alpha value is -5.04. The summed E-state index contributed by atoms with van der Waals surface area (Å²) in [5.74, 6) is 2.73. The van der Waals surface area contributed by atoms with Gasteiger partial charge < -0.3 is 23.9 Å². The summed E-state index contributed by atoms with van der Waals surface area (Å²) in [4.78, 5) is 22.0. The van der Waals surface area contributed by atoms with E-state index < -0.39 is 0 Å². The van der Waals surface area contributed by atoms with E-state index in [-0.39, 0.29) is 5.78 Å². The monoisotopic (exact) mass is 506 g/mol. The number of carbonyl (C=O) groups is 1. The fraction of sp³-hybridized carbons (Fsp3) is 0.0968. The van der Waals surface area contributed by atoms with Crippen LogP contribution in [0.25, 0.3) is 22.7 Å². The van der Waals surface area contributed by atoms with Crippen molar-refractivity contribution in [2.45, 2.75) is 0 Å². The Morgan fingerprint density at radius 1 is 0.763 bits per heavy atom. The van der Waals surface area contributed by atoms with E-state index in [2.05, 4.69) is 4.98 Å². The minimum absolute atomic E-state index is 0.266. The van der Waals surface area contributed by atoms with Gasteiger partial charge in [-0.1, -0.05) is 42.5 Å². The normalized spacial score (nSPS) is 11.3. The Morgan fingerprint density at radius 2 is 1.45 bits per heavy atom. The summed E-state index contributed by atoms with van der Waals surface area (Å²) in [6.45, 7) is 0. The number of para-hydroxylation sites is 3. The highest BCUT2D eigenvalue weighted by Crippen LogP contribution is 2.39. The van der Waals surface area contributed by atoms with E-state index in [1.165, 1.54) is 21.3 Å². The maximum absolute atomic E-state index is 14.0. The number of aromatic amines is 1. The summed E-state index contributed by atoms with van der Waals surface area (Å²) in [7, 11) is 4.55. The molecule has 0 spiro atoms. The summed E-state index contributed by atoms with van der Waals surface area (Å²) in [5.41, 5.74) is 3.09. The number of methoxy groups -OCH3 is 3. The predicted octanol–water partition coefficient (Wildman–Crippen LogP) is 6.80. The van der Waals surface area contributed by atoms with Crippen molar-refractivity contribution in [1.82, 2.24) is 9.97 Å². The van der Waals surface area contributed by atoms with Gasteiger partial charge in [0.05, 0.1) is 37.9 Å². The quantitative estimate of drug-likeness (QED) is 0.175. The smallest absolute Gasteiger partial charge is 0.203 e. The van der Waals surface area contributed by atoms with Gasteiger partial charge in [0.2, 0.25) is 5.75 Å². The molecule has 0 aliphatic rings. The average Bonchev–Trinajstić information content (AvgIpc) is 3.39. The first kappa shape index (κ1) is 24.6. The van der Waals surface area contributed by atoms with Crippen LogP contribution in [-0.2, 0) is 0 Å². The van der Waals surface area contributed by atoms with Crippen molar-refractivity contribution in [2.75, 3.05) is 21.3 Å². The molecular formula is C31H26N2O5. The lowest BCUT2D eigenvalue weighted by molar-refractivity contribution is 0.105. The van der Waals surface area contributed by atoms with Crippen LogP contribution in [0.1, 0.15) is 21.7 Å². The number of rotatable bonds is 9. The van der Waals surface area contributed by atoms with E-state index in [1.807, 2.05) is 78.9 Å². The fourth-order valence-corrected chi connectivity index (χ4v) is 4.15. The standard InChI is InChI=1S/C31H26N2O5/c1-35-27-18-21(19-28(36-2)30(27)37-3)29(34)24(31-32-25-14-7-8-15-26(25)33-31)17-20-10-9-13-23(16-20)38-22-11-5-4-6-12-22/h4-19H,1-3H3,(H,32,33)/b24-17+. The number of Topliss-reactive ketones (excluding diaryl/α,β-unsaturated/α-hetero) is 1. The maximum Gasteiger partial charge on any atom is 0.203 e. The molecule has 4 aromatic carbocycles. The Labute approximate surface area is 220 Å². The molecule has 0 unspecified atom stereocenters. The summed E-state index contributed by atoms with van der Waals surface area (Å²) < 4.78 is 22.4. The molecule has 0 bridgehead atoms. The van der Waals surface area contributed by atoms with Crippen LogP contribution in [0, 0.1) is 0 Å². The zero-order chi connectivity index (χ0) is 26.5. The lowest BCUT2D eigenvalue weighted by atomic mass is 9.99. The minimum Gasteiger partial charge on any atom is -0.493 e. The second-order valence-electron chi connectivity index (χ2n) is 8.39. The molecule has 1 heterocycles. The third-order valence-corrected chi connectivity index (χ3v) is 5.96. The Kier molecular flexibility index (Phi) is 7.08. The number of aromatic nitrogens is 2. The summed E-state index contributed by atoms with van der Waals surface area (Å²) >= 11 is 0. The molecule has 0 aliphatic carbocycles. The van der Waals surface area contributed by atoms with Crippen molar-refractivity contribution >= 4 is 28.5 Å². The van der Waals surface area contributed by atoms with E-state index in [9.17, 15) is 4.79 Å². The van der Waals surface area contributed by atoms with Gasteiger partial charge in [-0.2, -0.15) is 0 Å². The first-order valence-corrected chi connectivity index (χ1v) is 11.9. The second kappa shape index (κ2) is 10.9. The molecular weight excluding hydrogens is 480 g/mol. The van der Waals surface area contributed by atoms with Gasteiger partial charge in [0.1, 0.15) is 17.3 Å². The molecule has 0 aliphatic heterocycles. The number of nitrogens with zero attached hydrogens (tertiary/aromatic N) is 1. The van der Waals surface area contributed by atoms with Gasteiger partial charge >= 0.3 is 0 Å². The molecule has 0 atom stereocenters. The molecule has 5 aromatic rings. The highest BCUT2D eigenvalue weighted by Gasteiger charge is 2.22. The largest absolute Gasteiger partial charge is 0.493 e.